The van der Waals surface area contributed by atoms with Crippen LogP contribution >= 0.6 is 0 Å². The summed E-state index contributed by atoms with van der Waals surface area (Å²) in [5, 5.41) is 27.4. The van der Waals surface area contributed by atoms with E-state index in [4.69, 9.17) is 26.8 Å². The monoisotopic (exact) mass is 162 g/mol. The number of nitrogens with two attached hydrogens (primary N) is 2. The molecular weight excluding hydrogens is 148 g/mol. The maximum absolute atomic E-state index is 9.14. The molecule has 0 aromatic carbocycles. The molecule has 1 unspecified atom stereocenters. The first-order valence-electron chi connectivity index (χ1n) is 3.59. The molecule has 5 heteroatoms. The van der Waals surface area contributed by atoms with Crippen LogP contribution in [0, 0.1) is 0 Å². The van der Waals surface area contributed by atoms with Gasteiger partial charge in [-0.25, -0.2) is 0 Å². The van der Waals surface area contributed by atoms with E-state index >= 15 is 0 Å². The zero-order valence-corrected chi connectivity index (χ0v) is 6.09. The Morgan fingerprint density at radius 2 is 1.18 bits per heavy atom. The van der Waals surface area contributed by atoms with Gasteiger partial charge >= 0.3 is 0 Å². The summed E-state index contributed by atoms with van der Waals surface area (Å²) < 4.78 is 0. The fraction of sp³-hybridized carbons (Fsp3) is 1.00. The lowest BCUT2D eigenvalue weighted by Crippen LogP contribution is -2.61. The van der Waals surface area contributed by atoms with Gasteiger partial charge in [0.1, 0.15) is 6.10 Å². The van der Waals surface area contributed by atoms with Gasteiger partial charge in [-0.1, -0.05) is 0 Å². The van der Waals surface area contributed by atoms with Crippen LogP contribution in [0.1, 0.15) is 6.42 Å². The SMILES string of the molecule is N[C@H]1C[C@H](N)[C@@H](O)C(O)[C@H]1O. The molecule has 1 rings (SSSR count). The van der Waals surface area contributed by atoms with Crippen LogP contribution in [-0.2, 0) is 0 Å². The molecule has 0 spiro atoms. The zero-order valence-electron chi connectivity index (χ0n) is 6.09. The Morgan fingerprint density at radius 3 is 1.55 bits per heavy atom. The van der Waals surface area contributed by atoms with Crippen molar-refractivity contribution in [2.24, 2.45) is 11.5 Å². The van der Waals surface area contributed by atoms with E-state index in [9.17, 15) is 0 Å². The van der Waals surface area contributed by atoms with Crippen LogP contribution in [0.15, 0.2) is 0 Å². The third kappa shape index (κ3) is 1.52. The largest absolute Gasteiger partial charge is 0.389 e. The Kier molecular flexibility index (Phi) is 2.46. The summed E-state index contributed by atoms with van der Waals surface area (Å²) in [7, 11) is 0. The minimum Gasteiger partial charge on any atom is -0.389 e. The van der Waals surface area contributed by atoms with Crippen LogP contribution in [0.4, 0.5) is 0 Å². The second kappa shape index (κ2) is 3.04. The molecule has 0 aliphatic heterocycles. The Balaban J connectivity index is 2.63. The quantitative estimate of drug-likeness (QED) is 0.263. The summed E-state index contributed by atoms with van der Waals surface area (Å²) in [4.78, 5) is 0. The summed E-state index contributed by atoms with van der Waals surface area (Å²) in [6.07, 6.45) is -3.01. The van der Waals surface area contributed by atoms with E-state index in [2.05, 4.69) is 0 Å². The highest BCUT2D eigenvalue weighted by Crippen LogP contribution is 2.17. The molecule has 7 N–H and O–H groups in total. The number of rotatable bonds is 0. The first-order valence-corrected chi connectivity index (χ1v) is 3.59. The number of hydrogen-bond acceptors (Lipinski definition) is 5. The number of aliphatic hydroxyl groups is 3. The van der Waals surface area contributed by atoms with Crippen molar-refractivity contribution in [3.05, 3.63) is 0 Å². The molecule has 66 valence electrons. The molecule has 0 bridgehead atoms. The van der Waals surface area contributed by atoms with E-state index in [1.807, 2.05) is 0 Å². The van der Waals surface area contributed by atoms with Crippen LogP contribution in [-0.4, -0.2) is 45.7 Å². The van der Waals surface area contributed by atoms with Gasteiger partial charge in [0.25, 0.3) is 0 Å². The average Bonchev–Trinajstić information content (AvgIpc) is 1.97. The van der Waals surface area contributed by atoms with Crippen molar-refractivity contribution < 1.29 is 15.3 Å². The zero-order chi connectivity index (χ0) is 8.59. The molecule has 0 heterocycles. The predicted octanol–water partition coefficient (Wildman–Crippen LogP) is -2.87. The van der Waals surface area contributed by atoms with Crippen molar-refractivity contribution in [1.29, 1.82) is 0 Å². The van der Waals surface area contributed by atoms with Crippen LogP contribution in [0.5, 0.6) is 0 Å². The van der Waals surface area contributed by atoms with Crippen molar-refractivity contribution in [2.45, 2.75) is 36.8 Å². The number of hydrogen-bond donors (Lipinski definition) is 5. The molecule has 11 heavy (non-hydrogen) atoms. The molecule has 5 atom stereocenters. The third-order valence-electron chi connectivity index (χ3n) is 2.12. The van der Waals surface area contributed by atoms with Gasteiger partial charge in [-0.2, -0.15) is 0 Å². The summed E-state index contributed by atoms with van der Waals surface area (Å²) in [5.41, 5.74) is 10.8. The molecule has 0 radical (unpaired) electrons. The van der Waals surface area contributed by atoms with Crippen LogP contribution in [0.3, 0.4) is 0 Å². The van der Waals surface area contributed by atoms with Crippen LogP contribution in [0.2, 0.25) is 0 Å². The minimum absolute atomic E-state index is 0.333. The third-order valence-corrected chi connectivity index (χ3v) is 2.12. The molecule has 0 saturated heterocycles. The maximum Gasteiger partial charge on any atom is 0.109 e. The molecule has 0 aromatic heterocycles. The first-order chi connectivity index (χ1) is 5.04. The maximum atomic E-state index is 9.14. The van der Waals surface area contributed by atoms with Crippen molar-refractivity contribution in [3.63, 3.8) is 0 Å². The lowest BCUT2D eigenvalue weighted by atomic mass is 9.85. The lowest BCUT2D eigenvalue weighted by molar-refractivity contribution is -0.100. The normalized spacial score (nSPS) is 52.6. The first kappa shape index (κ1) is 8.89. The highest BCUT2D eigenvalue weighted by atomic mass is 16.4. The van der Waals surface area contributed by atoms with Gasteiger partial charge in [0.15, 0.2) is 0 Å². The molecule has 1 saturated carbocycles. The Labute approximate surface area is 64.6 Å². The summed E-state index contributed by atoms with van der Waals surface area (Å²) in [6, 6.07) is -1.08. The molecule has 1 aliphatic carbocycles. The Morgan fingerprint density at radius 1 is 0.818 bits per heavy atom. The standard InChI is InChI=1S/C6H14N2O3/c7-2-1-3(8)5(10)6(11)4(2)9/h2-6,9-11H,1,7-8H2/t2-,3-,4-,5+,6?/m0/s1. The molecular formula is C6H14N2O3. The van der Waals surface area contributed by atoms with Crippen molar-refractivity contribution >= 4 is 0 Å². The lowest BCUT2D eigenvalue weighted by Gasteiger charge is -2.37. The van der Waals surface area contributed by atoms with Gasteiger partial charge in [-0.3, -0.25) is 0 Å². The highest BCUT2D eigenvalue weighted by Gasteiger charge is 2.39. The van der Waals surface area contributed by atoms with Crippen molar-refractivity contribution in [3.8, 4) is 0 Å². The summed E-state index contributed by atoms with van der Waals surface area (Å²) in [6.45, 7) is 0. The molecule has 1 fully saturated rings. The minimum atomic E-state index is -1.21. The fourth-order valence-corrected chi connectivity index (χ4v) is 1.30. The van der Waals surface area contributed by atoms with E-state index in [1.165, 1.54) is 0 Å². The van der Waals surface area contributed by atoms with E-state index in [0.717, 1.165) is 0 Å². The van der Waals surface area contributed by atoms with E-state index in [0.29, 0.717) is 6.42 Å². The van der Waals surface area contributed by atoms with Crippen LogP contribution in [0.25, 0.3) is 0 Å². The average molecular weight is 162 g/mol. The smallest absolute Gasteiger partial charge is 0.109 e. The van der Waals surface area contributed by atoms with E-state index in [1.54, 1.807) is 0 Å². The van der Waals surface area contributed by atoms with Gasteiger partial charge in [-0.15, -0.1) is 0 Å². The molecule has 1 aliphatic rings. The summed E-state index contributed by atoms with van der Waals surface area (Å²) in [5.74, 6) is 0. The van der Waals surface area contributed by atoms with Crippen molar-refractivity contribution in [2.75, 3.05) is 0 Å². The second-order valence-electron chi connectivity index (χ2n) is 3.04. The topological polar surface area (TPSA) is 113 Å². The van der Waals surface area contributed by atoms with E-state index in [-0.39, 0.29) is 0 Å². The van der Waals surface area contributed by atoms with Gasteiger partial charge in [0.2, 0.25) is 0 Å². The van der Waals surface area contributed by atoms with Gasteiger partial charge in [0.05, 0.1) is 12.2 Å². The second-order valence-corrected chi connectivity index (χ2v) is 3.04. The van der Waals surface area contributed by atoms with Crippen molar-refractivity contribution in [1.82, 2.24) is 0 Å². The predicted molar refractivity (Wildman–Crippen MR) is 38.6 cm³/mol. The highest BCUT2D eigenvalue weighted by molar-refractivity contribution is 4.96. The van der Waals surface area contributed by atoms with Gasteiger partial charge in [-0.05, 0) is 6.42 Å². The van der Waals surface area contributed by atoms with Gasteiger partial charge < -0.3 is 26.8 Å². The van der Waals surface area contributed by atoms with E-state index < -0.39 is 30.4 Å². The Hall–Kier alpha value is -0.200. The number of aliphatic hydroxyl groups excluding tert-OH is 3. The Bertz CT molecular complexity index is 130. The van der Waals surface area contributed by atoms with Gasteiger partial charge in [0, 0.05) is 12.1 Å². The fourth-order valence-electron chi connectivity index (χ4n) is 1.30. The molecule has 5 nitrogen and oxygen atoms in total. The van der Waals surface area contributed by atoms with Crippen LogP contribution < -0.4 is 11.5 Å². The molecule has 0 aromatic rings. The summed E-state index contributed by atoms with van der Waals surface area (Å²) >= 11 is 0. The molecule has 0 amide bonds.